The van der Waals surface area contributed by atoms with Crippen LogP contribution in [-0.2, 0) is 26.2 Å². The number of piperazine rings is 1. The van der Waals surface area contributed by atoms with E-state index in [4.69, 9.17) is 0 Å². The van der Waals surface area contributed by atoms with Gasteiger partial charge in [-0.25, -0.2) is 0 Å². The molecule has 1 fully saturated rings. The summed E-state index contributed by atoms with van der Waals surface area (Å²) in [6.07, 6.45) is 0.319. The molecule has 6 nitrogen and oxygen atoms in total. The van der Waals surface area contributed by atoms with E-state index in [9.17, 15) is 14.4 Å². The Morgan fingerprint density at radius 2 is 1.67 bits per heavy atom. The summed E-state index contributed by atoms with van der Waals surface area (Å²) in [6, 6.07) is 5.86. The quantitative estimate of drug-likeness (QED) is 0.814. The average Bonchev–Trinajstić information content (AvgIpc) is 2.81. The summed E-state index contributed by atoms with van der Waals surface area (Å²) < 4.78 is 0. The summed E-state index contributed by atoms with van der Waals surface area (Å²) >= 11 is 0. The van der Waals surface area contributed by atoms with Crippen molar-refractivity contribution in [3.63, 3.8) is 0 Å². The zero-order valence-electron chi connectivity index (χ0n) is 16.9. The number of nitrogens with zero attached hydrogens (tertiary/aromatic N) is 3. The van der Waals surface area contributed by atoms with Crippen LogP contribution in [0.3, 0.4) is 0 Å². The van der Waals surface area contributed by atoms with Gasteiger partial charge in [-0.05, 0) is 31.0 Å². The summed E-state index contributed by atoms with van der Waals surface area (Å²) in [4.78, 5) is 42.6. The summed E-state index contributed by atoms with van der Waals surface area (Å²) in [6.45, 7) is 10.00. The van der Waals surface area contributed by atoms with Gasteiger partial charge in [-0.15, -0.1) is 0 Å². The summed E-state index contributed by atoms with van der Waals surface area (Å²) in [5.41, 5.74) is 2.26. The Balaban J connectivity index is 1.66. The van der Waals surface area contributed by atoms with Gasteiger partial charge in [-0.3, -0.25) is 14.4 Å². The van der Waals surface area contributed by atoms with Gasteiger partial charge in [-0.1, -0.05) is 26.0 Å². The molecule has 0 atom stereocenters. The van der Waals surface area contributed by atoms with Crippen molar-refractivity contribution >= 4 is 23.4 Å². The Kier molecular flexibility index (Phi) is 5.02. The van der Waals surface area contributed by atoms with E-state index in [0.717, 1.165) is 16.8 Å². The van der Waals surface area contributed by atoms with Crippen molar-refractivity contribution in [2.24, 2.45) is 5.92 Å². The van der Waals surface area contributed by atoms with Crippen LogP contribution in [0.2, 0.25) is 0 Å². The van der Waals surface area contributed by atoms with Crippen LogP contribution in [0.25, 0.3) is 0 Å². The Hall–Kier alpha value is -2.37. The first-order chi connectivity index (χ1) is 12.6. The van der Waals surface area contributed by atoms with E-state index in [-0.39, 0.29) is 23.6 Å². The normalized spacial score (nSPS) is 18.9. The highest BCUT2D eigenvalue weighted by Gasteiger charge is 2.42. The molecule has 6 heteroatoms. The van der Waals surface area contributed by atoms with Crippen LogP contribution in [0.1, 0.15) is 38.8 Å². The van der Waals surface area contributed by atoms with Gasteiger partial charge in [0.25, 0.3) is 0 Å². The zero-order valence-corrected chi connectivity index (χ0v) is 16.9. The van der Waals surface area contributed by atoms with Gasteiger partial charge < -0.3 is 14.7 Å². The lowest BCUT2D eigenvalue weighted by molar-refractivity contribution is -0.141. The molecule has 1 aromatic carbocycles. The van der Waals surface area contributed by atoms with Crippen molar-refractivity contribution in [1.82, 2.24) is 9.80 Å². The average molecular weight is 371 g/mol. The van der Waals surface area contributed by atoms with Gasteiger partial charge in [0.15, 0.2) is 0 Å². The van der Waals surface area contributed by atoms with Gasteiger partial charge in [0, 0.05) is 44.8 Å². The molecule has 0 radical (unpaired) electrons. The number of anilines is 1. The first-order valence-corrected chi connectivity index (χ1v) is 9.61. The highest BCUT2D eigenvalue weighted by molar-refractivity contribution is 6.07. The molecular formula is C21H29N3O3. The van der Waals surface area contributed by atoms with E-state index in [1.807, 2.05) is 55.7 Å². The molecule has 3 rings (SSSR count). The smallest absolute Gasteiger partial charge is 0.236 e. The lowest BCUT2D eigenvalue weighted by Crippen LogP contribution is -2.51. The van der Waals surface area contributed by atoms with Crippen molar-refractivity contribution in [2.45, 2.75) is 39.5 Å². The number of carbonyl (C=O) groups excluding carboxylic acids is 3. The van der Waals surface area contributed by atoms with Gasteiger partial charge in [0.05, 0.1) is 11.8 Å². The number of carbonyl (C=O) groups is 3. The molecular weight excluding hydrogens is 342 g/mol. The number of hydrogen-bond donors (Lipinski definition) is 0. The van der Waals surface area contributed by atoms with Crippen LogP contribution < -0.4 is 4.90 Å². The number of likely N-dealkylation sites (N-methyl/N-ethyl adjacent to an activating group) is 1. The monoisotopic (exact) mass is 371 g/mol. The number of fused-ring (bicyclic) bond motifs is 1. The number of benzene rings is 1. The Morgan fingerprint density at radius 3 is 2.26 bits per heavy atom. The number of amides is 3. The Labute approximate surface area is 161 Å². The second-order valence-electron chi connectivity index (χ2n) is 8.38. The Morgan fingerprint density at radius 1 is 1.07 bits per heavy atom. The topological polar surface area (TPSA) is 60.9 Å². The van der Waals surface area contributed by atoms with Gasteiger partial charge in [-0.2, -0.15) is 0 Å². The van der Waals surface area contributed by atoms with Crippen LogP contribution in [-0.4, -0.2) is 60.7 Å². The van der Waals surface area contributed by atoms with E-state index in [1.165, 1.54) is 0 Å². The molecule has 0 N–H and O–H groups in total. The summed E-state index contributed by atoms with van der Waals surface area (Å²) in [5.74, 6) is 0.286. The molecule has 3 amide bonds. The largest absolute Gasteiger partial charge is 0.339 e. The standard InChI is InChI=1S/C21H29N3O3/c1-14(2)19(26)24-10-8-23(9-11-24)18(25)13-15-6-7-17-16(12-15)21(3,4)20(27)22(17)5/h6-7,12,14H,8-11,13H2,1-5H3. The van der Waals surface area contributed by atoms with Gasteiger partial charge in [0.2, 0.25) is 17.7 Å². The van der Waals surface area contributed by atoms with Crippen LogP contribution in [0.15, 0.2) is 18.2 Å². The van der Waals surface area contributed by atoms with Crippen LogP contribution in [0.4, 0.5) is 5.69 Å². The fourth-order valence-corrected chi connectivity index (χ4v) is 3.96. The molecule has 0 aromatic heterocycles. The maximum atomic E-state index is 12.7. The third kappa shape index (κ3) is 3.45. The first-order valence-electron chi connectivity index (χ1n) is 9.61. The molecule has 2 aliphatic rings. The van der Waals surface area contributed by atoms with E-state index in [0.29, 0.717) is 32.6 Å². The van der Waals surface area contributed by atoms with Crippen LogP contribution in [0, 0.1) is 5.92 Å². The molecule has 1 aromatic rings. The molecule has 0 unspecified atom stereocenters. The minimum atomic E-state index is -0.564. The number of rotatable bonds is 3. The van der Waals surface area contributed by atoms with Crippen molar-refractivity contribution in [3.8, 4) is 0 Å². The van der Waals surface area contributed by atoms with E-state index >= 15 is 0 Å². The van der Waals surface area contributed by atoms with Gasteiger partial charge in [0.1, 0.15) is 0 Å². The highest BCUT2D eigenvalue weighted by atomic mass is 16.2. The van der Waals surface area contributed by atoms with E-state index < -0.39 is 5.41 Å². The van der Waals surface area contributed by atoms with Crippen molar-refractivity contribution in [3.05, 3.63) is 29.3 Å². The van der Waals surface area contributed by atoms with E-state index in [1.54, 1.807) is 11.9 Å². The minimum Gasteiger partial charge on any atom is -0.339 e. The van der Waals surface area contributed by atoms with Gasteiger partial charge >= 0.3 is 0 Å². The van der Waals surface area contributed by atoms with Crippen molar-refractivity contribution in [1.29, 1.82) is 0 Å². The van der Waals surface area contributed by atoms with Crippen LogP contribution in [0.5, 0.6) is 0 Å². The molecule has 27 heavy (non-hydrogen) atoms. The lowest BCUT2D eigenvalue weighted by atomic mass is 9.85. The molecule has 0 spiro atoms. The molecule has 0 aliphatic carbocycles. The fraction of sp³-hybridized carbons (Fsp3) is 0.571. The lowest BCUT2D eigenvalue weighted by Gasteiger charge is -2.35. The van der Waals surface area contributed by atoms with Crippen molar-refractivity contribution in [2.75, 3.05) is 38.1 Å². The molecule has 2 heterocycles. The third-order valence-electron chi connectivity index (χ3n) is 5.73. The second-order valence-corrected chi connectivity index (χ2v) is 8.38. The molecule has 0 saturated carbocycles. The third-order valence-corrected chi connectivity index (χ3v) is 5.73. The van der Waals surface area contributed by atoms with Crippen molar-refractivity contribution < 1.29 is 14.4 Å². The van der Waals surface area contributed by atoms with Crippen LogP contribution >= 0.6 is 0 Å². The minimum absolute atomic E-state index is 0.0112. The zero-order chi connectivity index (χ0) is 19.9. The maximum absolute atomic E-state index is 12.7. The molecule has 146 valence electrons. The maximum Gasteiger partial charge on any atom is 0.236 e. The summed E-state index contributed by atoms with van der Waals surface area (Å²) in [7, 11) is 1.79. The highest BCUT2D eigenvalue weighted by Crippen LogP contribution is 2.41. The molecule has 2 aliphatic heterocycles. The molecule has 1 saturated heterocycles. The fourth-order valence-electron chi connectivity index (χ4n) is 3.96. The molecule has 0 bridgehead atoms. The predicted octanol–water partition coefficient (Wildman–Crippen LogP) is 1.81. The Bertz CT molecular complexity index is 777. The summed E-state index contributed by atoms with van der Waals surface area (Å²) in [5, 5.41) is 0. The predicted molar refractivity (Wildman–Crippen MR) is 105 cm³/mol. The second kappa shape index (κ2) is 6.98. The number of hydrogen-bond acceptors (Lipinski definition) is 3. The first kappa shape index (κ1) is 19.4. The van der Waals surface area contributed by atoms with E-state index in [2.05, 4.69) is 0 Å². The SMILES string of the molecule is CC(C)C(=O)N1CCN(C(=O)Cc2ccc3c(c2)C(C)(C)C(=O)N3C)CC1.